The first-order valence-corrected chi connectivity index (χ1v) is 9.46. The topological polar surface area (TPSA) is 93.8 Å². The number of amides is 4. The molecule has 1 atom stereocenters. The highest BCUT2D eigenvalue weighted by Gasteiger charge is 2.22. The zero-order chi connectivity index (χ0) is 19.4. The van der Waals surface area contributed by atoms with E-state index in [-0.39, 0.29) is 30.4 Å². The van der Waals surface area contributed by atoms with Crippen molar-refractivity contribution in [3.05, 3.63) is 23.2 Å². The second kappa shape index (κ2) is 8.47. The van der Waals surface area contributed by atoms with Crippen LogP contribution in [0.5, 0.6) is 0 Å². The second-order valence-electron chi connectivity index (χ2n) is 6.88. The number of carbonyl (C=O) groups is 3. The molecule has 0 spiro atoms. The highest BCUT2D eigenvalue weighted by molar-refractivity contribution is 6.33. The molecule has 2 aliphatic heterocycles. The van der Waals surface area contributed by atoms with Crippen molar-refractivity contribution in [3.8, 4) is 0 Å². The lowest BCUT2D eigenvalue weighted by Gasteiger charge is -2.29. The van der Waals surface area contributed by atoms with Crippen molar-refractivity contribution in [2.24, 2.45) is 0 Å². The molecule has 9 heteroatoms. The molecule has 2 saturated heterocycles. The molecule has 1 aromatic rings. The van der Waals surface area contributed by atoms with E-state index in [0.29, 0.717) is 36.8 Å². The largest absolute Gasteiger partial charge is 0.359 e. The van der Waals surface area contributed by atoms with E-state index in [1.807, 2.05) is 11.8 Å². The Bertz CT molecular complexity index is 742. The summed E-state index contributed by atoms with van der Waals surface area (Å²) >= 11 is 6.34. The van der Waals surface area contributed by atoms with Gasteiger partial charge in [0.2, 0.25) is 11.8 Å². The molecule has 8 nitrogen and oxygen atoms in total. The van der Waals surface area contributed by atoms with E-state index in [4.69, 9.17) is 11.6 Å². The second-order valence-corrected chi connectivity index (χ2v) is 7.29. The SMILES string of the molecule is C[C@@H](CN1CCCC1=O)NC(=O)Nc1ccc(N2CCNC(=O)C2)c(Cl)c1. The van der Waals surface area contributed by atoms with E-state index in [2.05, 4.69) is 16.0 Å². The average molecular weight is 394 g/mol. The molecule has 0 radical (unpaired) electrons. The molecule has 0 bridgehead atoms. The van der Waals surface area contributed by atoms with Crippen LogP contribution in [0.4, 0.5) is 16.2 Å². The summed E-state index contributed by atoms with van der Waals surface area (Å²) in [6.07, 6.45) is 1.46. The fraction of sp³-hybridized carbons (Fsp3) is 0.500. The van der Waals surface area contributed by atoms with Gasteiger partial charge in [-0.1, -0.05) is 11.6 Å². The number of nitrogens with zero attached hydrogens (tertiary/aromatic N) is 2. The van der Waals surface area contributed by atoms with Gasteiger partial charge in [0.05, 0.1) is 17.3 Å². The predicted octanol–water partition coefficient (Wildman–Crippen LogP) is 1.41. The van der Waals surface area contributed by atoms with Crippen LogP contribution in [0.1, 0.15) is 19.8 Å². The minimum atomic E-state index is -0.352. The van der Waals surface area contributed by atoms with Gasteiger partial charge in [0.25, 0.3) is 0 Å². The maximum Gasteiger partial charge on any atom is 0.319 e. The van der Waals surface area contributed by atoms with E-state index >= 15 is 0 Å². The number of rotatable bonds is 5. The van der Waals surface area contributed by atoms with Crippen LogP contribution in [-0.2, 0) is 9.59 Å². The number of urea groups is 1. The highest BCUT2D eigenvalue weighted by atomic mass is 35.5. The van der Waals surface area contributed by atoms with E-state index < -0.39 is 0 Å². The van der Waals surface area contributed by atoms with Crippen LogP contribution in [0.3, 0.4) is 0 Å². The number of piperazine rings is 1. The number of hydrogen-bond donors (Lipinski definition) is 3. The number of nitrogens with one attached hydrogen (secondary N) is 3. The highest BCUT2D eigenvalue weighted by Crippen LogP contribution is 2.29. The lowest BCUT2D eigenvalue weighted by Crippen LogP contribution is -2.47. The molecule has 4 amide bonds. The molecular weight excluding hydrogens is 370 g/mol. The molecule has 2 aliphatic rings. The van der Waals surface area contributed by atoms with Crippen molar-refractivity contribution in [2.45, 2.75) is 25.8 Å². The Hall–Kier alpha value is -2.48. The van der Waals surface area contributed by atoms with E-state index in [1.54, 1.807) is 23.1 Å². The van der Waals surface area contributed by atoms with Gasteiger partial charge < -0.3 is 25.8 Å². The Balaban J connectivity index is 1.54. The Labute approximate surface area is 163 Å². The van der Waals surface area contributed by atoms with Gasteiger partial charge >= 0.3 is 6.03 Å². The molecule has 146 valence electrons. The number of hydrogen-bond acceptors (Lipinski definition) is 4. The van der Waals surface area contributed by atoms with Crippen molar-refractivity contribution in [2.75, 3.05) is 42.9 Å². The lowest BCUT2D eigenvalue weighted by atomic mass is 10.2. The first-order chi connectivity index (χ1) is 12.9. The number of halogens is 1. The van der Waals surface area contributed by atoms with Crippen LogP contribution in [0.25, 0.3) is 0 Å². The van der Waals surface area contributed by atoms with Crippen LogP contribution in [0.2, 0.25) is 5.02 Å². The Morgan fingerprint density at radius 2 is 2.15 bits per heavy atom. The Morgan fingerprint density at radius 3 is 2.81 bits per heavy atom. The summed E-state index contributed by atoms with van der Waals surface area (Å²) in [5.74, 6) is 0.0993. The number of carbonyl (C=O) groups excluding carboxylic acids is 3. The molecule has 0 saturated carbocycles. The van der Waals surface area contributed by atoms with Crippen molar-refractivity contribution in [1.82, 2.24) is 15.5 Å². The summed E-state index contributed by atoms with van der Waals surface area (Å²) in [6, 6.07) is 4.70. The molecule has 3 rings (SSSR count). The summed E-state index contributed by atoms with van der Waals surface area (Å²) in [5.41, 5.74) is 1.32. The van der Waals surface area contributed by atoms with Crippen LogP contribution < -0.4 is 20.9 Å². The minimum absolute atomic E-state index is 0.0376. The number of likely N-dealkylation sites (tertiary alicyclic amines) is 1. The third-order valence-corrected chi connectivity index (χ3v) is 4.93. The fourth-order valence-corrected chi connectivity index (χ4v) is 3.65. The molecule has 3 N–H and O–H groups in total. The number of anilines is 2. The zero-order valence-electron chi connectivity index (χ0n) is 15.3. The van der Waals surface area contributed by atoms with Gasteiger partial charge in [-0.05, 0) is 31.5 Å². The summed E-state index contributed by atoms with van der Waals surface area (Å²) in [7, 11) is 0. The Kier molecular flexibility index (Phi) is 6.05. The monoisotopic (exact) mass is 393 g/mol. The molecule has 0 unspecified atom stereocenters. The molecular formula is C18H24ClN5O3. The van der Waals surface area contributed by atoms with Crippen molar-refractivity contribution < 1.29 is 14.4 Å². The number of benzene rings is 1. The van der Waals surface area contributed by atoms with E-state index in [1.165, 1.54) is 0 Å². The maximum absolute atomic E-state index is 12.2. The predicted molar refractivity (Wildman–Crippen MR) is 104 cm³/mol. The quantitative estimate of drug-likeness (QED) is 0.705. The summed E-state index contributed by atoms with van der Waals surface area (Å²) in [5, 5.41) is 8.82. The van der Waals surface area contributed by atoms with Gasteiger partial charge in [-0.3, -0.25) is 9.59 Å². The summed E-state index contributed by atoms with van der Waals surface area (Å²) in [6.45, 7) is 4.64. The normalized spacial score (nSPS) is 18.3. The van der Waals surface area contributed by atoms with Gasteiger partial charge in [0, 0.05) is 44.3 Å². The molecule has 2 heterocycles. The van der Waals surface area contributed by atoms with E-state index in [0.717, 1.165) is 18.7 Å². The van der Waals surface area contributed by atoms with Crippen LogP contribution in [-0.4, -0.2) is 61.5 Å². The third-order valence-electron chi connectivity index (χ3n) is 4.63. The van der Waals surface area contributed by atoms with Crippen molar-refractivity contribution in [3.63, 3.8) is 0 Å². The summed E-state index contributed by atoms with van der Waals surface area (Å²) in [4.78, 5) is 39.1. The summed E-state index contributed by atoms with van der Waals surface area (Å²) < 4.78 is 0. The van der Waals surface area contributed by atoms with Gasteiger partial charge in [0.15, 0.2) is 0 Å². The standard InChI is InChI=1S/C18H24ClN5O3/c1-12(10-24-7-2-3-17(24)26)21-18(27)22-13-4-5-15(14(19)9-13)23-8-6-20-16(25)11-23/h4-5,9,12H,2-3,6-8,10-11H2,1H3,(H,20,25)(H2,21,22,27)/t12-/m0/s1. The third kappa shape index (κ3) is 5.03. The molecule has 1 aromatic carbocycles. The van der Waals surface area contributed by atoms with Gasteiger partial charge in [-0.2, -0.15) is 0 Å². The van der Waals surface area contributed by atoms with Crippen LogP contribution >= 0.6 is 11.6 Å². The molecule has 2 fully saturated rings. The smallest absolute Gasteiger partial charge is 0.319 e. The first kappa shape index (κ1) is 19.3. The average Bonchev–Trinajstić information content (AvgIpc) is 2.99. The van der Waals surface area contributed by atoms with E-state index in [9.17, 15) is 14.4 Å². The van der Waals surface area contributed by atoms with Crippen LogP contribution in [0.15, 0.2) is 18.2 Å². The maximum atomic E-state index is 12.2. The van der Waals surface area contributed by atoms with Gasteiger partial charge in [-0.25, -0.2) is 4.79 Å². The van der Waals surface area contributed by atoms with Gasteiger partial charge in [0.1, 0.15) is 0 Å². The van der Waals surface area contributed by atoms with Crippen LogP contribution in [0, 0.1) is 0 Å². The molecule has 0 aliphatic carbocycles. The lowest BCUT2D eigenvalue weighted by molar-refractivity contribution is -0.128. The van der Waals surface area contributed by atoms with Crippen molar-refractivity contribution in [1.29, 1.82) is 0 Å². The van der Waals surface area contributed by atoms with Gasteiger partial charge in [-0.15, -0.1) is 0 Å². The molecule has 27 heavy (non-hydrogen) atoms. The van der Waals surface area contributed by atoms with Crippen molar-refractivity contribution >= 4 is 40.8 Å². The molecule has 0 aromatic heterocycles. The zero-order valence-corrected chi connectivity index (χ0v) is 16.0. The minimum Gasteiger partial charge on any atom is -0.359 e. The first-order valence-electron chi connectivity index (χ1n) is 9.09. The Morgan fingerprint density at radius 1 is 1.33 bits per heavy atom. The fourth-order valence-electron chi connectivity index (χ4n) is 3.35.